The molecule has 2 aliphatic heterocycles. The van der Waals surface area contributed by atoms with Crippen LogP contribution in [-0.4, -0.2) is 50.3 Å². The molecule has 0 spiro atoms. The van der Waals surface area contributed by atoms with E-state index in [0.717, 1.165) is 61.2 Å². The number of ether oxygens (including phenoxy) is 2. The lowest BCUT2D eigenvalue weighted by Crippen LogP contribution is -2.48. The Kier molecular flexibility index (Phi) is 8.22. The van der Waals surface area contributed by atoms with Gasteiger partial charge in [-0.25, -0.2) is 4.98 Å². The van der Waals surface area contributed by atoms with Crippen LogP contribution in [0.2, 0.25) is 0 Å². The number of hydrogen-bond donors (Lipinski definition) is 2. The minimum absolute atomic E-state index is 0. The van der Waals surface area contributed by atoms with Crippen molar-refractivity contribution in [3.63, 3.8) is 0 Å². The van der Waals surface area contributed by atoms with Crippen molar-refractivity contribution < 1.29 is 9.47 Å². The molecule has 0 radical (unpaired) electrons. The number of hydrogen-bond acceptors (Lipinski definition) is 5. The molecule has 0 saturated carbocycles. The Morgan fingerprint density at radius 2 is 2.10 bits per heavy atom. The zero-order chi connectivity index (χ0) is 20.9. The molecule has 7 nitrogen and oxygen atoms in total. The van der Waals surface area contributed by atoms with Crippen LogP contribution in [-0.2, 0) is 13.0 Å². The molecule has 0 aliphatic carbocycles. The van der Waals surface area contributed by atoms with Crippen LogP contribution >= 0.6 is 24.0 Å². The van der Waals surface area contributed by atoms with E-state index in [0.29, 0.717) is 12.6 Å². The molecular weight excluding hydrogens is 505 g/mol. The molecule has 1 saturated heterocycles. The summed E-state index contributed by atoms with van der Waals surface area (Å²) in [6.07, 6.45) is 5.10. The highest BCUT2D eigenvalue weighted by atomic mass is 127. The van der Waals surface area contributed by atoms with Crippen molar-refractivity contribution in [2.45, 2.75) is 44.9 Å². The number of aromatic nitrogens is 1. The minimum atomic E-state index is 0. The van der Waals surface area contributed by atoms with Gasteiger partial charge in [0.05, 0.1) is 7.11 Å². The molecule has 1 aromatic carbocycles. The second-order valence-corrected chi connectivity index (χ2v) is 7.92. The van der Waals surface area contributed by atoms with Crippen LogP contribution < -0.4 is 25.0 Å². The van der Waals surface area contributed by atoms with Crippen LogP contribution in [0.25, 0.3) is 0 Å². The Morgan fingerprint density at radius 1 is 1.29 bits per heavy atom. The smallest absolute Gasteiger partial charge is 0.191 e. The van der Waals surface area contributed by atoms with E-state index in [1.54, 1.807) is 7.11 Å². The van der Waals surface area contributed by atoms with E-state index < -0.39 is 0 Å². The van der Waals surface area contributed by atoms with Crippen molar-refractivity contribution in [1.82, 2.24) is 15.6 Å². The van der Waals surface area contributed by atoms with Crippen molar-refractivity contribution >= 4 is 35.8 Å². The predicted octanol–water partition coefficient (Wildman–Crippen LogP) is 3.37. The Morgan fingerprint density at radius 3 is 2.77 bits per heavy atom. The van der Waals surface area contributed by atoms with Crippen LogP contribution in [0.15, 0.2) is 41.5 Å². The number of guanidine groups is 1. The lowest BCUT2D eigenvalue weighted by Gasteiger charge is -2.33. The molecule has 31 heavy (non-hydrogen) atoms. The van der Waals surface area contributed by atoms with Gasteiger partial charge in [0.15, 0.2) is 5.96 Å². The average Bonchev–Trinajstić information content (AvgIpc) is 3.15. The number of fused-ring (bicyclic) bond motifs is 1. The standard InChI is InChI=1S/C23H31N5O2.HI/c1-16-12-17-13-20(29-3)18(14-21(17)30-16)15-26-23(24-2)27-19-7-10-28(11-8-19)22-6-4-5-9-25-22;/h4-6,9,13-14,16,19H,7-8,10-12,15H2,1-3H3,(H2,24,26,27);1H. The molecule has 1 atom stereocenters. The number of pyridine rings is 1. The van der Waals surface area contributed by atoms with Gasteiger partial charge in [0.25, 0.3) is 0 Å². The van der Waals surface area contributed by atoms with Gasteiger partial charge in [-0.1, -0.05) is 6.07 Å². The zero-order valence-electron chi connectivity index (χ0n) is 18.4. The molecule has 8 heteroatoms. The fourth-order valence-corrected chi connectivity index (χ4v) is 4.17. The minimum Gasteiger partial charge on any atom is -0.496 e. The summed E-state index contributed by atoms with van der Waals surface area (Å²) in [4.78, 5) is 11.2. The number of halogens is 1. The van der Waals surface area contributed by atoms with Crippen molar-refractivity contribution in [2.24, 2.45) is 4.99 Å². The first kappa shape index (κ1) is 23.4. The van der Waals surface area contributed by atoms with E-state index in [2.05, 4.69) is 50.6 Å². The summed E-state index contributed by atoms with van der Waals surface area (Å²) in [5.74, 6) is 3.71. The molecular formula is C23H32IN5O2. The maximum Gasteiger partial charge on any atom is 0.191 e. The van der Waals surface area contributed by atoms with Crippen LogP contribution in [0, 0.1) is 0 Å². The van der Waals surface area contributed by atoms with Gasteiger partial charge in [0, 0.05) is 56.5 Å². The summed E-state index contributed by atoms with van der Waals surface area (Å²) in [5, 5.41) is 6.99. The number of piperidine rings is 1. The number of rotatable bonds is 5. The highest BCUT2D eigenvalue weighted by Crippen LogP contribution is 2.34. The topological polar surface area (TPSA) is 71.0 Å². The summed E-state index contributed by atoms with van der Waals surface area (Å²) in [6, 6.07) is 10.6. The SMILES string of the molecule is CN=C(NCc1cc2c(cc1OC)CC(C)O2)NC1CCN(c2ccccn2)CC1.I. The molecule has 2 aromatic rings. The van der Waals surface area contributed by atoms with Gasteiger partial charge >= 0.3 is 0 Å². The van der Waals surface area contributed by atoms with E-state index in [4.69, 9.17) is 9.47 Å². The van der Waals surface area contributed by atoms with Crippen LogP contribution in [0.4, 0.5) is 5.82 Å². The van der Waals surface area contributed by atoms with Gasteiger partial charge < -0.3 is 25.0 Å². The van der Waals surface area contributed by atoms with Crippen molar-refractivity contribution in [3.05, 3.63) is 47.7 Å². The van der Waals surface area contributed by atoms with Gasteiger partial charge in [-0.3, -0.25) is 4.99 Å². The normalized spacial score (nSPS) is 18.6. The molecule has 0 amide bonds. The summed E-state index contributed by atoms with van der Waals surface area (Å²) in [7, 11) is 3.52. The number of aliphatic imine (C=N–C) groups is 1. The molecule has 1 fully saturated rings. The highest BCUT2D eigenvalue weighted by molar-refractivity contribution is 14.0. The second kappa shape index (κ2) is 10.9. The number of benzene rings is 1. The average molecular weight is 537 g/mol. The number of nitrogens with one attached hydrogen (secondary N) is 2. The monoisotopic (exact) mass is 537 g/mol. The number of anilines is 1. The molecule has 1 unspecified atom stereocenters. The van der Waals surface area contributed by atoms with Gasteiger partial charge in [0.1, 0.15) is 23.4 Å². The first-order valence-corrected chi connectivity index (χ1v) is 10.7. The molecule has 2 N–H and O–H groups in total. The van der Waals surface area contributed by atoms with Gasteiger partial charge in [-0.05, 0) is 44.0 Å². The van der Waals surface area contributed by atoms with E-state index in [-0.39, 0.29) is 30.1 Å². The van der Waals surface area contributed by atoms with Crippen LogP contribution in [0.1, 0.15) is 30.9 Å². The largest absolute Gasteiger partial charge is 0.496 e. The Hall–Kier alpha value is -2.23. The Bertz CT molecular complexity index is 885. The summed E-state index contributed by atoms with van der Waals surface area (Å²) >= 11 is 0. The van der Waals surface area contributed by atoms with Gasteiger partial charge in [-0.15, -0.1) is 24.0 Å². The van der Waals surface area contributed by atoms with Crippen molar-refractivity contribution in [2.75, 3.05) is 32.1 Å². The quantitative estimate of drug-likeness (QED) is 0.347. The first-order chi connectivity index (χ1) is 14.7. The van der Waals surface area contributed by atoms with Crippen molar-refractivity contribution in [3.8, 4) is 11.5 Å². The van der Waals surface area contributed by atoms with Crippen LogP contribution in [0.3, 0.4) is 0 Å². The van der Waals surface area contributed by atoms with Crippen molar-refractivity contribution in [1.29, 1.82) is 0 Å². The third kappa shape index (κ3) is 5.72. The summed E-state index contributed by atoms with van der Waals surface area (Å²) < 4.78 is 11.5. The number of methoxy groups -OCH3 is 1. The molecule has 4 rings (SSSR count). The maximum atomic E-state index is 5.91. The van der Waals surface area contributed by atoms with E-state index in [1.807, 2.05) is 25.4 Å². The maximum absolute atomic E-state index is 5.91. The molecule has 168 valence electrons. The Labute approximate surface area is 201 Å². The molecule has 3 heterocycles. The van der Waals surface area contributed by atoms with Gasteiger partial charge in [-0.2, -0.15) is 0 Å². The molecule has 2 aliphatic rings. The third-order valence-corrected chi connectivity index (χ3v) is 5.78. The molecule has 0 bridgehead atoms. The van der Waals surface area contributed by atoms with Crippen LogP contribution in [0.5, 0.6) is 11.5 Å². The fourth-order valence-electron chi connectivity index (χ4n) is 4.17. The van der Waals surface area contributed by atoms with E-state index >= 15 is 0 Å². The zero-order valence-corrected chi connectivity index (χ0v) is 20.8. The first-order valence-electron chi connectivity index (χ1n) is 10.7. The number of nitrogens with zero attached hydrogens (tertiary/aromatic N) is 3. The summed E-state index contributed by atoms with van der Waals surface area (Å²) in [5.41, 5.74) is 2.28. The molecule has 1 aromatic heterocycles. The lowest BCUT2D eigenvalue weighted by atomic mass is 10.1. The van der Waals surface area contributed by atoms with E-state index in [9.17, 15) is 0 Å². The third-order valence-electron chi connectivity index (χ3n) is 5.78. The second-order valence-electron chi connectivity index (χ2n) is 7.92. The fraction of sp³-hybridized carbons (Fsp3) is 0.478. The summed E-state index contributed by atoms with van der Waals surface area (Å²) in [6.45, 7) is 4.69. The predicted molar refractivity (Wildman–Crippen MR) is 135 cm³/mol. The van der Waals surface area contributed by atoms with E-state index in [1.165, 1.54) is 5.56 Å². The highest BCUT2D eigenvalue weighted by Gasteiger charge is 2.23. The lowest BCUT2D eigenvalue weighted by molar-refractivity contribution is 0.254. The van der Waals surface area contributed by atoms with Gasteiger partial charge in [0.2, 0.25) is 0 Å². The Balaban J connectivity index is 0.00000272.